The van der Waals surface area contributed by atoms with Crippen LogP contribution in [0.25, 0.3) is 10.8 Å². The Hall–Kier alpha value is -3.48. The lowest BCUT2D eigenvalue weighted by Crippen LogP contribution is -2.27. The lowest BCUT2D eigenvalue weighted by molar-refractivity contribution is 0.0949. The molecule has 3 rings (SSSR count). The van der Waals surface area contributed by atoms with E-state index in [1.807, 2.05) is 50.2 Å². The van der Waals surface area contributed by atoms with Crippen LogP contribution in [0.2, 0.25) is 0 Å². The van der Waals surface area contributed by atoms with Gasteiger partial charge in [-0.05, 0) is 30.7 Å². The van der Waals surface area contributed by atoms with E-state index in [2.05, 4.69) is 15.6 Å². The number of aromatic nitrogens is 2. The largest absolute Gasteiger partial charge is 0.378 e. The number of hydrazone groups is 1. The predicted molar refractivity (Wildman–Crippen MR) is 107 cm³/mol. The molecule has 0 bridgehead atoms. The molecular formula is C20H21N5O2. The normalized spacial score (nSPS) is 11.5. The highest BCUT2D eigenvalue weighted by atomic mass is 16.2. The summed E-state index contributed by atoms with van der Waals surface area (Å²) >= 11 is 0. The second-order valence-corrected chi connectivity index (χ2v) is 6.40. The number of rotatable bonds is 4. The highest BCUT2D eigenvalue weighted by Gasteiger charge is 2.15. The summed E-state index contributed by atoms with van der Waals surface area (Å²) in [5.74, 6) is -0.467. The quantitative estimate of drug-likeness (QED) is 0.569. The molecule has 0 aliphatic carbocycles. The predicted octanol–water partition coefficient (Wildman–Crippen LogP) is 2.15. The highest BCUT2D eigenvalue weighted by Crippen LogP contribution is 2.14. The van der Waals surface area contributed by atoms with Crippen LogP contribution < -0.4 is 15.9 Å². The Kier molecular flexibility index (Phi) is 5.03. The Morgan fingerprint density at radius 3 is 2.33 bits per heavy atom. The van der Waals surface area contributed by atoms with Crippen molar-refractivity contribution in [2.45, 2.75) is 6.92 Å². The second kappa shape index (κ2) is 7.41. The number of amides is 1. The van der Waals surface area contributed by atoms with Crippen molar-refractivity contribution < 1.29 is 4.79 Å². The van der Waals surface area contributed by atoms with E-state index >= 15 is 0 Å². The molecule has 27 heavy (non-hydrogen) atoms. The van der Waals surface area contributed by atoms with Gasteiger partial charge in [-0.15, -0.1) is 0 Å². The van der Waals surface area contributed by atoms with Crippen LogP contribution in [-0.2, 0) is 7.05 Å². The zero-order valence-electron chi connectivity index (χ0n) is 15.7. The molecule has 1 N–H and O–H groups in total. The van der Waals surface area contributed by atoms with Crippen molar-refractivity contribution in [2.75, 3.05) is 19.0 Å². The molecule has 2 aromatic carbocycles. The molecule has 1 aromatic heterocycles. The Morgan fingerprint density at radius 1 is 1.07 bits per heavy atom. The molecule has 1 heterocycles. The van der Waals surface area contributed by atoms with E-state index in [0.717, 1.165) is 15.9 Å². The first kappa shape index (κ1) is 18.3. The number of nitrogens with zero attached hydrogens (tertiary/aromatic N) is 4. The number of hydrogen-bond donors (Lipinski definition) is 1. The summed E-state index contributed by atoms with van der Waals surface area (Å²) in [7, 11) is 5.47. The summed E-state index contributed by atoms with van der Waals surface area (Å²) in [6.45, 7) is 1.82. The Balaban J connectivity index is 1.87. The van der Waals surface area contributed by atoms with Crippen molar-refractivity contribution in [3.8, 4) is 0 Å². The van der Waals surface area contributed by atoms with E-state index < -0.39 is 5.91 Å². The molecule has 0 aliphatic rings. The van der Waals surface area contributed by atoms with Gasteiger partial charge in [0.1, 0.15) is 0 Å². The molecule has 0 spiro atoms. The summed E-state index contributed by atoms with van der Waals surface area (Å²) in [6.07, 6.45) is 0. The van der Waals surface area contributed by atoms with Crippen molar-refractivity contribution >= 4 is 28.1 Å². The number of hydrogen-bond acceptors (Lipinski definition) is 5. The van der Waals surface area contributed by atoms with Crippen LogP contribution in [-0.4, -0.2) is 35.5 Å². The number of aryl methyl sites for hydroxylation is 1. The van der Waals surface area contributed by atoms with Crippen molar-refractivity contribution in [1.82, 2.24) is 15.2 Å². The average molecular weight is 363 g/mol. The van der Waals surface area contributed by atoms with Gasteiger partial charge in [0.25, 0.3) is 11.5 Å². The minimum atomic E-state index is -0.467. The summed E-state index contributed by atoms with van der Waals surface area (Å²) < 4.78 is 1.16. The molecule has 3 aromatic rings. The standard InChI is InChI=1S/C20H21N5O2/c1-13(14-9-11-15(12-10-14)24(2)3)21-22-19(26)18-16-7-5-6-8-17(16)20(27)25(4)23-18/h5-12H,1-4H3,(H,22,26)/b21-13-. The Bertz CT molecular complexity index is 1080. The first-order valence-electron chi connectivity index (χ1n) is 8.47. The van der Waals surface area contributed by atoms with Gasteiger partial charge >= 0.3 is 0 Å². The van der Waals surface area contributed by atoms with Gasteiger partial charge in [-0.2, -0.15) is 10.2 Å². The lowest BCUT2D eigenvalue weighted by atomic mass is 10.1. The molecule has 0 unspecified atom stereocenters. The third kappa shape index (κ3) is 3.72. The number of carbonyl (C=O) groups is 1. The molecular weight excluding hydrogens is 342 g/mol. The number of carbonyl (C=O) groups excluding carboxylic acids is 1. The number of benzene rings is 2. The smallest absolute Gasteiger partial charge is 0.292 e. The van der Waals surface area contributed by atoms with E-state index in [-0.39, 0.29) is 11.3 Å². The summed E-state index contributed by atoms with van der Waals surface area (Å²) in [5.41, 5.74) is 5.10. The summed E-state index contributed by atoms with van der Waals surface area (Å²) in [6, 6.07) is 14.8. The lowest BCUT2D eigenvalue weighted by Gasteiger charge is -2.12. The van der Waals surface area contributed by atoms with E-state index in [0.29, 0.717) is 16.5 Å². The third-order valence-corrected chi connectivity index (χ3v) is 4.30. The maximum Gasteiger partial charge on any atom is 0.292 e. The fraction of sp³-hybridized carbons (Fsp3) is 0.200. The van der Waals surface area contributed by atoms with Crippen molar-refractivity contribution in [2.24, 2.45) is 12.1 Å². The Morgan fingerprint density at radius 2 is 1.70 bits per heavy atom. The van der Waals surface area contributed by atoms with Gasteiger partial charge < -0.3 is 4.90 Å². The minimum absolute atomic E-state index is 0.159. The van der Waals surface area contributed by atoms with Crippen LogP contribution in [0.5, 0.6) is 0 Å². The third-order valence-electron chi connectivity index (χ3n) is 4.30. The molecule has 0 saturated heterocycles. The molecule has 0 aliphatic heterocycles. The van der Waals surface area contributed by atoms with E-state index in [9.17, 15) is 9.59 Å². The van der Waals surface area contributed by atoms with Crippen LogP contribution in [0.3, 0.4) is 0 Å². The second-order valence-electron chi connectivity index (χ2n) is 6.40. The van der Waals surface area contributed by atoms with E-state index in [1.165, 1.54) is 7.05 Å². The maximum atomic E-state index is 12.6. The SMILES string of the molecule is C/C(=N/NC(=O)c1nn(C)c(=O)c2ccccc12)c1ccc(N(C)C)cc1. The zero-order valence-corrected chi connectivity index (χ0v) is 15.7. The fourth-order valence-electron chi connectivity index (χ4n) is 2.72. The summed E-state index contributed by atoms with van der Waals surface area (Å²) in [4.78, 5) is 26.8. The molecule has 0 saturated carbocycles. The van der Waals surface area contributed by atoms with Gasteiger partial charge in [0.15, 0.2) is 5.69 Å². The number of nitrogens with one attached hydrogen (secondary N) is 1. The van der Waals surface area contributed by atoms with Gasteiger partial charge in [-0.25, -0.2) is 10.1 Å². The van der Waals surface area contributed by atoms with Crippen molar-refractivity contribution in [3.05, 3.63) is 70.1 Å². The fourth-order valence-corrected chi connectivity index (χ4v) is 2.72. The van der Waals surface area contributed by atoms with Crippen LogP contribution in [0.1, 0.15) is 23.0 Å². The molecule has 7 heteroatoms. The van der Waals surface area contributed by atoms with Crippen LogP contribution in [0.4, 0.5) is 5.69 Å². The van der Waals surface area contributed by atoms with Gasteiger partial charge in [0, 0.05) is 32.2 Å². The first-order valence-corrected chi connectivity index (χ1v) is 8.47. The van der Waals surface area contributed by atoms with E-state index in [4.69, 9.17) is 0 Å². The number of fused-ring (bicyclic) bond motifs is 1. The first-order chi connectivity index (χ1) is 12.9. The minimum Gasteiger partial charge on any atom is -0.378 e. The van der Waals surface area contributed by atoms with Crippen molar-refractivity contribution in [1.29, 1.82) is 0 Å². The molecule has 0 radical (unpaired) electrons. The monoisotopic (exact) mass is 363 g/mol. The molecule has 0 fully saturated rings. The molecule has 7 nitrogen and oxygen atoms in total. The summed E-state index contributed by atoms with van der Waals surface area (Å²) in [5, 5.41) is 9.23. The van der Waals surface area contributed by atoms with Gasteiger partial charge in [-0.3, -0.25) is 9.59 Å². The maximum absolute atomic E-state index is 12.6. The molecule has 138 valence electrons. The van der Waals surface area contributed by atoms with E-state index in [1.54, 1.807) is 24.3 Å². The van der Waals surface area contributed by atoms with Gasteiger partial charge in [0.05, 0.1) is 11.1 Å². The zero-order chi connectivity index (χ0) is 19.6. The molecule has 1 amide bonds. The van der Waals surface area contributed by atoms with Crippen molar-refractivity contribution in [3.63, 3.8) is 0 Å². The van der Waals surface area contributed by atoms with Gasteiger partial charge in [-0.1, -0.05) is 30.3 Å². The highest BCUT2D eigenvalue weighted by molar-refractivity contribution is 6.06. The van der Waals surface area contributed by atoms with Crippen LogP contribution >= 0.6 is 0 Å². The molecule has 0 atom stereocenters. The average Bonchev–Trinajstić information content (AvgIpc) is 2.68. The van der Waals surface area contributed by atoms with Gasteiger partial charge in [0.2, 0.25) is 0 Å². The number of anilines is 1. The topological polar surface area (TPSA) is 79.6 Å². The van der Waals surface area contributed by atoms with Crippen LogP contribution in [0.15, 0.2) is 58.4 Å². The van der Waals surface area contributed by atoms with Crippen LogP contribution in [0, 0.1) is 0 Å². The Labute approximate surface area is 156 Å².